The van der Waals surface area contributed by atoms with Gasteiger partial charge in [-0.15, -0.1) is 0 Å². The summed E-state index contributed by atoms with van der Waals surface area (Å²) in [5.41, 5.74) is 2.50. The Kier molecular flexibility index (Phi) is 7.68. The quantitative estimate of drug-likeness (QED) is 0.536. The van der Waals surface area contributed by atoms with Crippen molar-refractivity contribution >= 4 is 11.6 Å². The van der Waals surface area contributed by atoms with Crippen molar-refractivity contribution in [3.63, 3.8) is 0 Å². The van der Waals surface area contributed by atoms with Gasteiger partial charge in [-0.05, 0) is 55.7 Å². The van der Waals surface area contributed by atoms with E-state index < -0.39 is 0 Å². The Morgan fingerprint density at radius 3 is 2.59 bits per heavy atom. The number of aliphatic hydroxyl groups is 1. The number of guanidine groups is 1. The van der Waals surface area contributed by atoms with E-state index in [4.69, 9.17) is 4.99 Å². The number of aromatic nitrogens is 2. The summed E-state index contributed by atoms with van der Waals surface area (Å²) >= 11 is 0. The molecule has 2 saturated heterocycles. The second-order valence-electron chi connectivity index (χ2n) is 9.24. The smallest absolute Gasteiger partial charge is 0.194 e. The first-order valence-electron chi connectivity index (χ1n) is 12.1. The number of hydrogen-bond donors (Lipinski definition) is 2. The lowest BCUT2D eigenvalue weighted by atomic mass is 9.93. The zero-order valence-corrected chi connectivity index (χ0v) is 19.5. The zero-order chi connectivity index (χ0) is 22.3. The van der Waals surface area contributed by atoms with E-state index in [9.17, 15) is 5.11 Å². The Morgan fingerprint density at radius 2 is 1.94 bits per heavy atom. The highest BCUT2D eigenvalue weighted by Crippen LogP contribution is 2.28. The predicted molar refractivity (Wildman–Crippen MR) is 130 cm³/mol. The van der Waals surface area contributed by atoms with Crippen LogP contribution in [0.15, 0.2) is 48.0 Å². The number of likely N-dealkylation sites (tertiary alicyclic amines) is 1. The topological polar surface area (TPSA) is 68.9 Å². The van der Waals surface area contributed by atoms with E-state index in [1.807, 2.05) is 12.5 Å². The molecule has 0 radical (unpaired) electrons. The number of anilines is 1. The fourth-order valence-corrected chi connectivity index (χ4v) is 4.87. The summed E-state index contributed by atoms with van der Waals surface area (Å²) in [4.78, 5) is 14.0. The highest BCUT2D eigenvalue weighted by molar-refractivity contribution is 5.80. The molecular formula is C25H38N6O. The molecule has 1 aromatic heterocycles. The van der Waals surface area contributed by atoms with Crippen LogP contribution in [0.3, 0.4) is 0 Å². The molecule has 7 heteroatoms. The molecule has 0 saturated carbocycles. The number of nitrogens with one attached hydrogen (secondary N) is 1. The highest BCUT2D eigenvalue weighted by atomic mass is 16.3. The van der Waals surface area contributed by atoms with E-state index >= 15 is 0 Å². The van der Waals surface area contributed by atoms with E-state index in [0.717, 1.165) is 57.9 Å². The summed E-state index contributed by atoms with van der Waals surface area (Å²) in [5, 5.41) is 12.9. The Balaban J connectivity index is 1.39. The van der Waals surface area contributed by atoms with Crippen LogP contribution in [-0.4, -0.2) is 64.8 Å². The van der Waals surface area contributed by atoms with Crippen molar-refractivity contribution < 1.29 is 5.11 Å². The van der Waals surface area contributed by atoms with E-state index in [-0.39, 0.29) is 0 Å². The van der Waals surface area contributed by atoms with Crippen LogP contribution in [0.25, 0.3) is 0 Å². The summed E-state index contributed by atoms with van der Waals surface area (Å²) in [6, 6.07) is 9.26. The monoisotopic (exact) mass is 438 g/mol. The van der Waals surface area contributed by atoms with E-state index in [1.54, 1.807) is 0 Å². The van der Waals surface area contributed by atoms with Gasteiger partial charge in [-0.2, -0.15) is 0 Å². The van der Waals surface area contributed by atoms with Crippen LogP contribution in [0.2, 0.25) is 0 Å². The first-order chi connectivity index (χ1) is 15.7. The van der Waals surface area contributed by atoms with Gasteiger partial charge in [0.15, 0.2) is 5.96 Å². The first kappa shape index (κ1) is 22.6. The average molecular weight is 439 g/mol. The second-order valence-corrected chi connectivity index (χ2v) is 9.24. The van der Waals surface area contributed by atoms with Gasteiger partial charge < -0.3 is 24.8 Å². The minimum Gasteiger partial charge on any atom is -0.396 e. The van der Waals surface area contributed by atoms with Gasteiger partial charge in [0, 0.05) is 57.4 Å². The maximum Gasteiger partial charge on any atom is 0.194 e. The number of aliphatic imine (C=N–C) groups is 1. The van der Waals surface area contributed by atoms with Crippen molar-refractivity contribution in [1.82, 2.24) is 19.8 Å². The molecule has 2 aliphatic heterocycles. The number of piperidine rings is 2. The molecule has 1 aromatic carbocycles. The third-order valence-corrected chi connectivity index (χ3v) is 7.05. The van der Waals surface area contributed by atoms with Gasteiger partial charge in [0.2, 0.25) is 0 Å². The molecule has 2 fully saturated rings. The highest BCUT2D eigenvalue weighted by Gasteiger charge is 2.28. The van der Waals surface area contributed by atoms with Gasteiger partial charge in [-0.25, -0.2) is 9.98 Å². The van der Waals surface area contributed by atoms with Crippen LogP contribution in [0.4, 0.5) is 5.69 Å². The molecule has 7 nitrogen and oxygen atoms in total. The van der Waals surface area contributed by atoms with Crippen molar-refractivity contribution in [3.05, 3.63) is 48.5 Å². The second kappa shape index (κ2) is 10.9. The van der Waals surface area contributed by atoms with Gasteiger partial charge in [0.1, 0.15) is 0 Å². The molecule has 3 heterocycles. The molecule has 2 aromatic rings. The van der Waals surface area contributed by atoms with Gasteiger partial charge in [0.25, 0.3) is 0 Å². The lowest BCUT2D eigenvalue weighted by Gasteiger charge is -2.39. The Morgan fingerprint density at radius 1 is 1.16 bits per heavy atom. The summed E-state index contributed by atoms with van der Waals surface area (Å²) in [5.74, 6) is 2.09. The fraction of sp³-hybridized carbons (Fsp3) is 0.600. The van der Waals surface area contributed by atoms with E-state index in [0.29, 0.717) is 31.0 Å². The lowest BCUT2D eigenvalue weighted by Crippen LogP contribution is -2.49. The van der Waals surface area contributed by atoms with Gasteiger partial charge in [-0.1, -0.05) is 19.1 Å². The van der Waals surface area contributed by atoms with Crippen molar-refractivity contribution in [3.8, 4) is 0 Å². The predicted octanol–water partition coefficient (Wildman–Crippen LogP) is 3.14. The van der Waals surface area contributed by atoms with Crippen molar-refractivity contribution in [2.45, 2.75) is 45.7 Å². The molecule has 0 bridgehead atoms. The van der Waals surface area contributed by atoms with Gasteiger partial charge in [0.05, 0.1) is 18.9 Å². The van der Waals surface area contributed by atoms with Gasteiger partial charge in [-0.3, -0.25) is 0 Å². The normalized spacial score (nSPS) is 22.9. The average Bonchev–Trinajstić information content (AvgIpc) is 3.37. The number of imidazole rings is 1. The molecule has 2 N–H and O–H groups in total. The summed E-state index contributed by atoms with van der Waals surface area (Å²) in [6.45, 7) is 10.4. The molecule has 174 valence electrons. The minimum atomic E-state index is 0.317. The standard InChI is InChI=1S/C25H38N6O/c1-3-27-25(30-12-8-20(2)24(17-30)31-15-11-26-19-31)28-16-21-4-6-23(7-5-21)29-13-9-22(18-32)10-14-29/h4-7,11,15,19-20,22,24,32H,3,8-10,12-14,16-18H2,1-2H3,(H,27,28). The van der Waals surface area contributed by atoms with Crippen LogP contribution in [0.1, 0.15) is 44.7 Å². The largest absolute Gasteiger partial charge is 0.396 e. The first-order valence-corrected chi connectivity index (χ1v) is 12.1. The fourth-order valence-electron chi connectivity index (χ4n) is 4.87. The Bertz CT molecular complexity index is 842. The Labute approximate surface area is 192 Å². The molecule has 0 spiro atoms. The molecule has 4 rings (SSSR count). The summed E-state index contributed by atoms with van der Waals surface area (Å²) in [6.07, 6.45) is 9.16. The molecular weight excluding hydrogens is 400 g/mol. The maximum atomic E-state index is 9.35. The number of rotatable bonds is 6. The minimum absolute atomic E-state index is 0.317. The van der Waals surface area contributed by atoms with Crippen LogP contribution < -0.4 is 10.2 Å². The van der Waals surface area contributed by atoms with Crippen molar-refractivity contribution in [1.29, 1.82) is 0 Å². The molecule has 2 unspecified atom stereocenters. The zero-order valence-electron chi connectivity index (χ0n) is 19.5. The third-order valence-electron chi connectivity index (χ3n) is 7.05. The molecule has 0 aliphatic carbocycles. The van der Waals surface area contributed by atoms with Crippen molar-refractivity contribution in [2.24, 2.45) is 16.8 Å². The van der Waals surface area contributed by atoms with Crippen LogP contribution in [-0.2, 0) is 6.54 Å². The van der Waals surface area contributed by atoms with E-state index in [2.05, 4.69) is 69.0 Å². The summed E-state index contributed by atoms with van der Waals surface area (Å²) < 4.78 is 2.24. The van der Waals surface area contributed by atoms with Crippen LogP contribution in [0.5, 0.6) is 0 Å². The molecule has 0 amide bonds. The number of aliphatic hydroxyl groups excluding tert-OH is 1. The molecule has 2 atom stereocenters. The van der Waals surface area contributed by atoms with Gasteiger partial charge >= 0.3 is 0 Å². The maximum absolute atomic E-state index is 9.35. The number of benzene rings is 1. The Hall–Kier alpha value is -2.54. The molecule has 2 aliphatic rings. The lowest BCUT2D eigenvalue weighted by molar-refractivity contribution is 0.189. The van der Waals surface area contributed by atoms with Crippen molar-refractivity contribution in [2.75, 3.05) is 44.2 Å². The van der Waals surface area contributed by atoms with Crippen LogP contribution in [0, 0.1) is 11.8 Å². The third kappa shape index (κ3) is 5.44. The molecule has 32 heavy (non-hydrogen) atoms. The van der Waals surface area contributed by atoms with E-state index in [1.165, 1.54) is 11.3 Å². The SMILES string of the molecule is CCNC(=NCc1ccc(N2CCC(CO)CC2)cc1)N1CCC(C)C(n2ccnc2)C1. The summed E-state index contributed by atoms with van der Waals surface area (Å²) in [7, 11) is 0. The van der Waals surface area contributed by atoms with Crippen LogP contribution >= 0.6 is 0 Å². The number of nitrogens with zero attached hydrogens (tertiary/aromatic N) is 5. The number of hydrogen-bond acceptors (Lipinski definition) is 4.